The average Bonchev–Trinajstić information content (AvgIpc) is 2.67. The maximum Gasteiger partial charge on any atom is 0.115 e. The number of aryl methyl sites for hydroxylation is 2. The molecule has 0 spiro atoms. The van der Waals surface area contributed by atoms with Crippen molar-refractivity contribution < 1.29 is 0 Å². The van der Waals surface area contributed by atoms with Crippen LogP contribution in [0.1, 0.15) is 29.9 Å². The predicted molar refractivity (Wildman–Crippen MR) is 65.2 cm³/mol. The molecule has 0 saturated heterocycles. The Balaban J connectivity index is 1.98. The lowest BCUT2D eigenvalue weighted by Crippen LogP contribution is -2.19. The van der Waals surface area contributed by atoms with Crippen molar-refractivity contribution in [1.29, 1.82) is 0 Å². The fourth-order valence-corrected chi connectivity index (χ4v) is 1.83. The van der Waals surface area contributed by atoms with Gasteiger partial charge in [-0.2, -0.15) is 5.10 Å². The van der Waals surface area contributed by atoms with E-state index < -0.39 is 0 Å². The van der Waals surface area contributed by atoms with Gasteiger partial charge in [0.1, 0.15) is 6.33 Å². The number of nitrogens with zero attached hydrogens (tertiary/aromatic N) is 4. The van der Waals surface area contributed by atoms with Gasteiger partial charge < -0.3 is 5.32 Å². The van der Waals surface area contributed by atoms with E-state index in [1.165, 1.54) is 5.56 Å². The van der Waals surface area contributed by atoms with Crippen LogP contribution in [0.5, 0.6) is 0 Å². The Morgan fingerprint density at radius 3 is 2.88 bits per heavy atom. The Bertz CT molecular complexity index is 477. The molecule has 2 aromatic rings. The molecule has 0 bridgehead atoms. The number of aromatic nitrogens is 4. The Hall–Kier alpha value is -1.75. The second-order valence-corrected chi connectivity index (χ2v) is 4.15. The molecule has 1 atom stereocenters. The summed E-state index contributed by atoms with van der Waals surface area (Å²) in [6.07, 6.45) is 5.37. The highest BCUT2D eigenvalue weighted by atomic mass is 15.3. The summed E-state index contributed by atoms with van der Waals surface area (Å²) in [4.78, 5) is 8.07. The molecule has 2 aromatic heterocycles. The molecular formula is C12H17N5. The first kappa shape index (κ1) is 11.7. The largest absolute Gasteiger partial charge is 0.304 e. The maximum atomic E-state index is 4.34. The van der Waals surface area contributed by atoms with Crippen LogP contribution in [0.15, 0.2) is 24.8 Å². The van der Waals surface area contributed by atoms with Gasteiger partial charge in [-0.1, -0.05) is 0 Å². The second-order valence-electron chi connectivity index (χ2n) is 4.15. The van der Waals surface area contributed by atoms with Crippen molar-refractivity contribution in [3.63, 3.8) is 0 Å². The van der Waals surface area contributed by atoms with Crippen LogP contribution < -0.4 is 5.32 Å². The highest BCUT2D eigenvalue weighted by Crippen LogP contribution is 2.15. The lowest BCUT2D eigenvalue weighted by atomic mass is 10.1. The fraction of sp³-hybridized carbons (Fsp3) is 0.417. The van der Waals surface area contributed by atoms with Gasteiger partial charge >= 0.3 is 0 Å². The lowest BCUT2D eigenvalue weighted by molar-refractivity contribution is 0.564. The Morgan fingerprint density at radius 1 is 1.47 bits per heavy atom. The van der Waals surface area contributed by atoms with Crippen LogP contribution in [0.3, 0.4) is 0 Å². The van der Waals surface area contributed by atoms with Crippen LogP contribution in [0, 0.1) is 6.92 Å². The van der Waals surface area contributed by atoms with E-state index >= 15 is 0 Å². The van der Waals surface area contributed by atoms with E-state index in [1.54, 1.807) is 12.5 Å². The molecule has 0 aromatic carbocycles. The smallest absolute Gasteiger partial charge is 0.115 e. The number of nitrogens with one attached hydrogen (secondary N) is 1. The molecule has 0 aliphatic carbocycles. The van der Waals surface area contributed by atoms with Gasteiger partial charge in [0.15, 0.2) is 0 Å². The van der Waals surface area contributed by atoms with Crippen LogP contribution in [-0.4, -0.2) is 19.7 Å². The van der Waals surface area contributed by atoms with E-state index in [9.17, 15) is 0 Å². The molecule has 90 valence electrons. The van der Waals surface area contributed by atoms with Crippen LogP contribution in [0.4, 0.5) is 0 Å². The fourth-order valence-electron chi connectivity index (χ4n) is 1.83. The first-order valence-corrected chi connectivity index (χ1v) is 5.65. The monoisotopic (exact) mass is 231 g/mol. The van der Waals surface area contributed by atoms with E-state index in [0.717, 1.165) is 17.9 Å². The summed E-state index contributed by atoms with van der Waals surface area (Å²) in [5.74, 6) is 0. The molecule has 0 fully saturated rings. The highest BCUT2D eigenvalue weighted by molar-refractivity contribution is 5.19. The minimum Gasteiger partial charge on any atom is -0.304 e. The second kappa shape index (κ2) is 5.05. The SMILES string of the molecule is Cc1nn(C)cc1C(C)NCc1ccncn1. The molecule has 0 aliphatic heterocycles. The standard InChI is InChI=1S/C12H17N5/c1-9(12-7-17(3)16-10(12)2)14-6-11-4-5-13-8-15-11/h4-5,7-9,14H,6H2,1-3H3. The molecule has 2 heterocycles. The topological polar surface area (TPSA) is 55.6 Å². The summed E-state index contributed by atoms with van der Waals surface area (Å²) >= 11 is 0. The summed E-state index contributed by atoms with van der Waals surface area (Å²) < 4.78 is 1.84. The average molecular weight is 231 g/mol. The van der Waals surface area contributed by atoms with Crippen molar-refractivity contribution in [1.82, 2.24) is 25.1 Å². The van der Waals surface area contributed by atoms with Crippen LogP contribution in [0.2, 0.25) is 0 Å². The Kier molecular flexibility index (Phi) is 3.49. The number of rotatable bonds is 4. The zero-order chi connectivity index (χ0) is 12.3. The summed E-state index contributed by atoms with van der Waals surface area (Å²) in [5.41, 5.74) is 3.28. The van der Waals surface area contributed by atoms with Crippen molar-refractivity contribution in [2.45, 2.75) is 26.4 Å². The number of hydrogen-bond donors (Lipinski definition) is 1. The van der Waals surface area contributed by atoms with E-state index in [1.807, 2.05) is 30.9 Å². The third kappa shape index (κ3) is 2.88. The maximum absolute atomic E-state index is 4.34. The van der Waals surface area contributed by atoms with Gasteiger partial charge in [-0.05, 0) is 19.9 Å². The van der Waals surface area contributed by atoms with Gasteiger partial charge in [-0.3, -0.25) is 4.68 Å². The molecule has 2 rings (SSSR count). The normalized spacial score (nSPS) is 12.6. The van der Waals surface area contributed by atoms with E-state index in [-0.39, 0.29) is 6.04 Å². The van der Waals surface area contributed by atoms with Crippen LogP contribution >= 0.6 is 0 Å². The van der Waals surface area contributed by atoms with E-state index in [0.29, 0.717) is 0 Å². The van der Waals surface area contributed by atoms with E-state index in [2.05, 4.69) is 27.3 Å². The summed E-state index contributed by atoms with van der Waals surface area (Å²) in [6.45, 7) is 4.89. The Labute approximate surface area is 101 Å². The van der Waals surface area contributed by atoms with Crippen molar-refractivity contribution in [2.24, 2.45) is 7.05 Å². The summed E-state index contributed by atoms with van der Waals surface area (Å²) in [6, 6.07) is 2.18. The van der Waals surface area contributed by atoms with Crippen molar-refractivity contribution >= 4 is 0 Å². The molecule has 0 saturated carbocycles. The molecule has 1 unspecified atom stereocenters. The molecule has 0 amide bonds. The van der Waals surface area contributed by atoms with Gasteiger partial charge in [-0.15, -0.1) is 0 Å². The molecule has 0 aliphatic rings. The lowest BCUT2D eigenvalue weighted by Gasteiger charge is -2.12. The predicted octanol–water partition coefficient (Wildman–Crippen LogP) is 1.37. The van der Waals surface area contributed by atoms with Gasteiger partial charge in [0.25, 0.3) is 0 Å². The molecule has 5 nitrogen and oxygen atoms in total. The zero-order valence-corrected chi connectivity index (χ0v) is 10.4. The summed E-state index contributed by atoms with van der Waals surface area (Å²) in [7, 11) is 1.94. The van der Waals surface area contributed by atoms with Gasteiger partial charge in [0.05, 0.1) is 11.4 Å². The van der Waals surface area contributed by atoms with Gasteiger partial charge in [0, 0.05) is 37.6 Å². The first-order chi connectivity index (χ1) is 8.16. The van der Waals surface area contributed by atoms with Crippen molar-refractivity contribution in [3.8, 4) is 0 Å². The Morgan fingerprint density at radius 2 is 2.29 bits per heavy atom. The minimum absolute atomic E-state index is 0.263. The van der Waals surface area contributed by atoms with Crippen LogP contribution in [-0.2, 0) is 13.6 Å². The molecule has 1 N–H and O–H groups in total. The van der Waals surface area contributed by atoms with Gasteiger partial charge in [-0.25, -0.2) is 9.97 Å². The third-order valence-electron chi connectivity index (χ3n) is 2.75. The first-order valence-electron chi connectivity index (χ1n) is 5.65. The number of hydrogen-bond acceptors (Lipinski definition) is 4. The van der Waals surface area contributed by atoms with Crippen molar-refractivity contribution in [2.75, 3.05) is 0 Å². The quantitative estimate of drug-likeness (QED) is 0.863. The molecule has 0 radical (unpaired) electrons. The molecular weight excluding hydrogens is 214 g/mol. The van der Waals surface area contributed by atoms with Gasteiger partial charge in [0.2, 0.25) is 0 Å². The highest BCUT2D eigenvalue weighted by Gasteiger charge is 2.11. The zero-order valence-electron chi connectivity index (χ0n) is 10.4. The molecule has 17 heavy (non-hydrogen) atoms. The van der Waals surface area contributed by atoms with Crippen molar-refractivity contribution in [3.05, 3.63) is 41.7 Å². The van der Waals surface area contributed by atoms with Crippen LogP contribution in [0.25, 0.3) is 0 Å². The third-order valence-corrected chi connectivity index (χ3v) is 2.75. The molecule has 5 heteroatoms. The minimum atomic E-state index is 0.263. The van der Waals surface area contributed by atoms with E-state index in [4.69, 9.17) is 0 Å². The summed E-state index contributed by atoms with van der Waals surface area (Å²) in [5, 5.41) is 7.76.